The molecule has 0 fully saturated rings. The van der Waals surface area contributed by atoms with Crippen LogP contribution in [0.1, 0.15) is 27.3 Å². The molecule has 0 aliphatic rings. The van der Waals surface area contributed by atoms with Gasteiger partial charge < -0.3 is 20.5 Å². The third-order valence-corrected chi connectivity index (χ3v) is 5.01. The Bertz CT molecular complexity index is 1160. The zero-order valence-corrected chi connectivity index (χ0v) is 18.5. The largest absolute Gasteiger partial charge is 0.508 e. The summed E-state index contributed by atoms with van der Waals surface area (Å²) in [5, 5.41) is 18.8. The predicted octanol–water partition coefficient (Wildman–Crippen LogP) is 1.75. The third kappa shape index (κ3) is 6.39. The number of aromatic hydroxyl groups is 1. The standard InChI is InChI=1S/C23H25N5O5/c1-14-4-7-17(10-15(14)2)25-22(31)21-24-13-28(27-21)12-20(30)26-19(23(32)33-3)11-16-5-8-18(29)9-6-16/h4-10,13,19,29H,11-12H2,1-3H3,(H,25,31)(H,26,30)/t19-/m0/s1. The molecule has 0 saturated heterocycles. The van der Waals surface area contributed by atoms with E-state index in [1.807, 2.05) is 26.0 Å². The molecule has 3 N–H and O–H groups in total. The van der Waals surface area contributed by atoms with Crippen molar-refractivity contribution in [1.82, 2.24) is 20.1 Å². The number of hydrogen-bond acceptors (Lipinski definition) is 7. The van der Waals surface area contributed by atoms with Gasteiger partial charge in [-0.3, -0.25) is 9.59 Å². The summed E-state index contributed by atoms with van der Waals surface area (Å²) in [5.74, 6) is -1.61. The molecule has 1 atom stereocenters. The number of nitrogens with one attached hydrogen (secondary N) is 2. The van der Waals surface area contributed by atoms with Gasteiger partial charge in [0.15, 0.2) is 0 Å². The number of aryl methyl sites for hydroxylation is 2. The van der Waals surface area contributed by atoms with Crippen molar-refractivity contribution in [2.24, 2.45) is 0 Å². The number of carbonyl (C=O) groups is 3. The van der Waals surface area contributed by atoms with E-state index in [0.717, 1.165) is 16.7 Å². The van der Waals surface area contributed by atoms with Gasteiger partial charge in [-0.05, 0) is 54.8 Å². The van der Waals surface area contributed by atoms with E-state index in [0.29, 0.717) is 5.69 Å². The first-order valence-corrected chi connectivity index (χ1v) is 10.2. The van der Waals surface area contributed by atoms with Crippen LogP contribution in [-0.2, 0) is 27.3 Å². The van der Waals surface area contributed by atoms with Crippen molar-refractivity contribution in [1.29, 1.82) is 0 Å². The molecule has 10 heteroatoms. The summed E-state index contributed by atoms with van der Waals surface area (Å²) < 4.78 is 5.98. The van der Waals surface area contributed by atoms with Crippen molar-refractivity contribution in [2.75, 3.05) is 12.4 Å². The lowest BCUT2D eigenvalue weighted by Gasteiger charge is -2.16. The number of amides is 2. The van der Waals surface area contributed by atoms with Crippen LogP contribution in [0.25, 0.3) is 0 Å². The Labute approximate surface area is 190 Å². The normalized spacial score (nSPS) is 11.5. The molecule has 1 heterocycles. The van der Waals surface area contributed by atoms with Crippen LogP contribution in [0, 0.1) is 13.8 Å². The predicted molar refractivity (Wildman–Crippen MR) is 120 cm³/mol. The van der Waals surface area contributed by atoms with Gasteiger partial charge in [0.2, 0.25) is 11.7 Å². The van der Waals surface area contributed by atoms with Gasteiger partial charge in [0.25, 0.3) is 5.91 Å². The molecule has 3 aromatic rings. The Balaban J connectivity index is 1.60. The quantitative estimate of drug-likeness (QED) is 0.444. The molecule has 0 aliphatic heterocycles. The van der Waals surface area contributed by atoms with Crippen LogP contribution < -0.4 is 10.6 Å². The number of phenolic OH excluding ortho intramolecular Hbond substituents is 1. The number of esters is 1. The summed E-state index contributed by atoms with van der Waals surface area (Å²) in [6.07, 6.45) is 1.45. The van der Waals surface area contributed by atoms with Crippen LogP contribution in [-0.4, -0.2) is 50.8 Å². The van der Waals surface area contributed by atoms with E-state index in [-0.39, 0.29) is 24.5 Å². The number of carbonyl (C=O) groups excluding carboxylic acids is 3. The van der Waals surface area contributed by atoms with Gasteiger partial charge in [0, 0.05) is 12.1 Å². The fourth-order valence-electron chi connectivity index (χ4n) is 3.07. The van der Waals surface area contributed by atoms with Crippen LogP contribution in [0.15, 0.2) is 48.8 Å². The number of aromatic nitrogens is 3. The lowest BCUT2D eigenvalue weighted by molar-refractivity contribution is -0.145. The number of rotatable bonds is 8. The van der Waals surface area contributed by atoms with Gasteiger partial charge in [-0.2, -0.15) is 0 Å². The molecule has 0 aliphatic carbocycles. The van der Waals surface area contributed by atoms with Gasteiger partial charge in [0.05, 0.1) is 7.11 Å². The number of nitrogens with zero attached hydrogens (tertiary/aromatic N) is 3. The third-order valence-electron chi connectivity index (χ3n) is 5.01. The SMILES string of the molecule is COC(=O)[C@H](Cc1ccc(O)cc1)NC(=O)Cn1cnc(C(=O)Nc2ccc(C)c(C)c2)n1. The van der Waals surface area contributed by atoms with Crippen LogP contribution >= 0.6 is 0 Å². The zero-order chi connectivity index (χ0) is 24.0. The van der Waals surface area contributed by atoms with E-state index in [1.165, 1.54) is 30.3 Å². The van der Waals surface area contributed by atoms with Crippen molar-refractivity contribution >= 4 is 23.5 Å². The average Bonchev–Trinajstić information content (AvgIpc) is 3.25. The molecule has 0 saturated carbocycles. The minimum Gasteiger partial charge on any atom is -0.508 e. The van der Waals surface area contributed by atoms with Crippen molar-refractivity contribution < 1.29 is 24.2 Å². The molecule has 2 aromatic carbocycles. The molecule has 3 rings (SSSR count). The minimum atomic E-state index is -0.928. The van der Waals surface area contributed by atoms with Crippen LogP contribution in [0.2, 0.25) is 0 Å². The number of hydrogen-bond donors (Lipinski definition) is 3. The second-order valence-corrected chi connectivity index (χ2v) is 7.53. The smallest absolute Gasteiger partial charge is 0.328 e. The molecular weight excluding hydrogens is 426 g/mol. The lowest BCUT2D eigenvalue weighted by Crippen LogP contribution is -2.44. The van der Waals surface area contributed by atoms with E-state index < -0.39 is 23.8 Å². The Morgan fingerprint density at radius 3 is 2.48 bits per heavy atom. The van der Waals surface area contributed by atoms with E-state index in [2.05, 4.69) is 20.7 Å². The van der Waals surface area contributed by atoms with Gasteiger partial charge in [-0.25, -0.2) is 14.5 Å². The Hall–Kier alpha value is -4.21. The number of benzene rings is 2. The van der Waals surface area contributed by atoms with E-state index in [1.54, 1.807) is 18.2 Å². The highest BCUT2D eigenvalue weighted by Crippen LogP contribution is 2.15. The van der Waals surface area contributed by atoms with Gasteiger partial charge >= 0.3 is 5.97 Å². The molecule has 172 valence electrons. The number of phenols is 1. The van der Waals surface area contributed by atoms with Crippen molar-refractivity contribution in [3.05, 3.63) is 71.3 Å². The zero-order valence-electron chi connectivity index (χ0n) is 18.5. The van der Waals surface area contributed by atoms with Gasteiger partial charge in [-0.1, -0.05) is 18.2 Å². The highest BCUT2D eigenvalue weighted by Gasteiger charge is 2.23. The average molecular weight is 451 g/mol. The van der Waals surface area contributed by atoms with Gasteiger partial charge in [-0.15, -0.1) is 5.10 Å². The summed E-state index contributed by atoms with van der Waals surface area (Å²) in [4.78, 5) is 41.0. The summed E-state index contributed by atoms with van der Waals surface area (Å²) in [7, 11) is 1.23. The highest BCUT2D eigenvalue weighted by atomic mass is 16.5. The number of anilines is 1. The molecule has 0 bridgehead atoms. The molecule has 10 nitrogen and oxygen atoms in total. The second kappa shape index (κ2) is 10.4. The lowest BCUT2D eigenvalue weighted by atomic mass is 10.1. The maximum absolute atomic E-state index is 12.5. The Morgan fingerprint density at radius 2 is 1.82 bits per heavy atom. The number of ether oxygens (including phenoxy) is 1. The fraction of sp³-hybridized carbons (Fsp3) is 0.261. The molecule has 1 aromatic heterocycles. The first-order chi connectivity index (χ1) is 15.7. The molecule has 0 spiro atoms. The first-order valence-electron chi connectivity index (χ1n) is 10.2. The van der Waals surface area contributed by atoms with Gasteiger partial charge in [0.1, 0.15) is 24.7 Å². The van der Waals surface area contributed by atoms with Crippen LogP contribution in [0.3, 0.4) is 0 Å². The Morgan fingerprint density at radius 1 is 1.09 bits per heavy atom. The molecule has 33 heavy (non-hydrogen) atoms. The molecular formula is C23H25N5O5. The maximum atomic E-state index is 12.5. The molecule has 0 unspecified atom stereocenters. The summed E-state index contributed by atoms with van der Waals surface area (Å²) >= 11 is 0. The van der Waals surface area contributed by atoms with E-state index in [9.17, 15) is 19.5 Å². The molecule has 2 amide bonds. The van der Waals surface area contributed by atoms with Crippen molar-refractivity contribution in [3.63, 3.8) is 0 Å². The maximum Gasteiger partial charge on any atom is 0.328 e. The first kappa shape index (κ1) is 23.5. The monoisotopic (exact) mass is 451 g/mol. The van der Waals surface area contributed by atoms with Crippen LogP contribution in [0.5, 0.6) is 5.75 Å². The van der Waals surface area contributed by atoms with Crippen molar-refractivity contribution in [3.8, 4) is 5.75 Å². The fourth-order valence-corrected chi connectivity index (χ4v) is 3.07. The highest BCUT2D eigenvalue weighted by molar-refractivity contribution is 6.01. The summed E-state index contributed by atoms with van der Waals surface area (Å²) in [6.45, 7) is 3.68. The summed E-state index contributed by atoms with van der Waals surface area (Å²) in [6, 6.07) is 10.9. The summed E-state index contributed by atoms with van der Waals surface area (Å²) in [5.41, 5.74) is 3.49. The second-order valence-electron chi connectivity index (χ2n) is 7.53. The number of methoxy groups -OCH3 is 1. The van der Waals surface area contributed by atoms with E-state index in [4.69, 9.17) is 4.74 Å². The van der Waals surface area contributed by atoms with Crippen molar-refractivity contribution in [2.45, 2.75) is 32.9 Å². The molecule has 0 radical (unpaired) electrons. The van der Waals surface area contributed by atoms with E-state index >= 15 is 0 Å². The minimum absolute atomic E-state index is 0.0883. The Kier molecular flexibility index (Phi) is 7.39. The topological polar surface area (TPSA) is 135 Å². The van der Waals surface area contributed by atoms with Crippen LogP contribution in [0.4, 0.5) is 5.69 Å².